The average Bonchev–Trinajstić information content (AvgIpc) is 3.14. The van der Waals surface area contributed by atoms with Crippen molar-refractivity contribution in [2.75, 3.05) is 0 Å². The van der Waals surface area contributed by atoms with Crippen molar-refractivity contribution in [3.63, 3.8) is 0 Å². The highest BCUT2D eigenvalue weighted by Gasteiger charge is 2.06. The molecule has 6 aromatic rings. The van der Waals surface area contributed by atoms with E-state index in [1.807, 2.05) is 157 Å². The lowest BCUT2D eigenvalue weighted by atomic mass is 10.1. The maximum Gasteiger partial charge on any atom is 0.146 e. The van der Waals surface area contributed by atoms with Gasteiger partial charge in [0, 0.05) is 4.90 Å². The lowest BCUT2D eigenvalue weighted by molar-refractivity contribution is 0.472. The van der Waals surface area contributed by atoms with Gasteiger partial charge < -0.3 is 5.11 Å². The molecule has 6 rings (SSSR count). The van der Waals surface area contributed by atoms with Gasteiger partial charge in [-0.3, -0.25) is 4.99 Å². The summed E-state index contributed by atoms with van der Waals surface area (Å²) in [6, 6.07) is 40.6. The zero-order valence-electron chi connectivity index (χ0n) is 30.4. The Bertz CT molecular complexity index is 2080. The van der Waals surface area contributed by atoms with Crippen molar-refractivity contribution in [1.29, 1.82) is 0 Å². The number of hydrogen-bond acceptors (Lipinski definition) is 9. The van der Waals surface area contributed by atoms with E-state index in [-0.39, 0.29) is 5.75 Å². The fraction of sp³-hybridized carbons (Fsp3) is 0.140. The van der Waals surface area contributed by atoms with Gasteiger partial charge in [-0.1, -0.05) is 72.8 Å². The van der Waals surface area contributed by atoms with Crippen LogP contribution in [0, 0.1) is 41.5 Å². The van der Waals surface area contributed by atoms with Crippen molar-refractivity contribution < 1.29 is 5.11 Å². The summed E-state index contributed by atoms with van der Waals surface area (Å²) >= 11 is 4.45. The fourth-order valence-electron chi connectivity index (χ4n) is 5.07. The summed E-state index contributed by atoms with van der Waals surface area (Å²) in [6.45, 7) is 15.5. The Morgan fingerprint density at radius 1 is 0.442 bits per heavy atom. The highest BCUT2D eigenvalue weighted by molar-refractivity contribution is 7.80. The molecule has 6 aromatic carbocycles. The molecule has 0 fully saturated rings. The summed E-state index contributed by atoms with van der Waals surface area (Å²) in [6.07, 6.45) is 0. The number of azo groups is 3. The van der Waals surface area contributed by atoms with E-state index in [9.17, 15) is 5.11 Å². The molecule has 0 heterocycles. The molecule has 0 spiro atoms. The number of rotatable bonds is 7. The molecule has 0 aliphatic heterocycles. The summed E-state index contributed by atoms with van der Waals surface area (Å²) < 4.78 is 0. The maximum absolute atomic E-state index is 9.85. The van der Waals surface area contributed by atoms with Crippen LogP contribution in [0.4, 0.5) is 39.8 Å². The number of phenolic OH excluding ortho intramolecular Hbond substituents is 1. The Kier molecular flexibility index (Phi) is 14.4. The molecule has 1 N–H and O–H groups in total. The van der Waals surface area contributed by atoms with Crippen LogP contribution < -0.4 is 0 Å². The van der Waals surface area contributed by atoms with Crippen molar-refractivity contribution in [1.82, 2.24) is 0 Å². The highest BCUT2D eigenvalue weighted by Crippen LogP contribution is 2.34. The zero-order chi connectivity index (χ0) is 37.5. The average molecular weight is 706 g/mol. The Morgan fingerprint density at radius 3 is 1.27 bits per heavy atom. The van der Waals surface area contributed by atoms with Crippen LogP contribution in [0.5, 0.6) is 5.75 Å². The van der Waals surface area contributed by atoms with Crippen LogP contribution in [0.1, 0.15) is 33.4 Å². The summed E-state index contributed by atoms with van der Waals surface area (Å²) in [5, 5.41) is 34.9. The number of aryl methyl sites for hydroxylation is 6. The molecular weight excluding hydrogens is 663 g/mol. The minimum atomic E-state index is 0.190. The molecule has 0 bridgehead atoms. The van der Waals surface area contributed by atoms with E-state index >= 15 is 0 Å². The molecule has 0 unspecified atom stereocenters. The van der Waals surface area contributed by atoms with Crippen LogP contribution in [-0.2, 0) is 0 Å². The molecule has 0 aliphatic rings. The lowest BCUT2D eigenvalue weighted by Crippen LogP contribution is -1.80. The Labute approximate surface area is 311 Å². The van der Waals surface area contributed by atoms with Gasteiger partial charge in [0.2, 0.25) is 0 Å². The molecule has 0 amide bonds. The molecule has 0 aromatic heterocycles. The smallest absolute Gasteiger partial charge is 0.146 e. The van der Waals surface area contributed by atoms with E-state index in [1.54, 1.807) is 0 Å². The van der Waals surface area contributed by atoms with Crippen molar-refractivity contribution in [2.24, 2.45) is 35.7 Å². The zero-order valence-corrected chi connectivity index (χ0v) is 31.3. The Morgan fingerprint density at radius 2 is 0.808 bits per heavy atom. The van der Waals surface area contributed by atoms with Gasteiger partial charge in [-0.2, -0.15) is 15.3 Å². The van der Waals surface area contributed by atoms with Crippen molar-refractivity contribution in [2.45, 2.75) is 46.4 Å². The standard InChI is InChI=1S/C15H15N3.C14H14N2O.C14H14N2S/c1-11-9-12(2)15(16-3)14(10-11)18-17-13-7-5-4-6-8-13;2*1-10-8-11(2)14(17)13(9-10)16-15-12-6-4-3-5-7-12/h4-10H,3H2,1-2H3;2*3-9,17H,1-2H3. The van der Waals surface area contributed by atoms with Crippen LogP contribution in [0.25, 0.3) is 0 Å². The first-order chi connectivity index (χ1) is 25.0. The van der Waals surface area contributed by atoms with E-state index in [4.69, 9.17) is 0 Å². The number of hydrogen-bond donors (Lipinski definition) is 2. The minimum absolute atomic E-state index is 0.190. The van der Waals surface area contributed by atoms with Crippen LogP contribution in [0.15, 0.2) is 168 Å². The molecule has 262 valence electrons. The second kappa shape index (κ2) is 19.4. The number of nitrogens with zero attached hydrogens (tertiary/aromatic N) is 7. The number of phenols is 1. The van der Waals surface area contributed by atoms with Gasteiger partial charge in [-0.05, 0) is 136 Å². The molecule has 0 saturated carbocycles. The first kappa shape index (κ1) is 38.7. The molecule has 9 heteroatoms. The predicted octanol–water partition coefficient (Wildman–Crippen LogP) is 14.5. The molecule has 0 aliphatic carbocycles. The monoisotopic (exact) mass is 705 g/mol. The summed E-state index contributed by atoms with van der Waals surface area (Å²) in [5.41, 5.74) is 11.7. The SMILES string of the molecule is C=Nc1c(C)cc(C)cc1N=Nc1ccccc1.Cc1cc(C)c(O)c(N=Nc2ccccc2)c1.Cc1cc(C)c(S)c(N=Nc2ccccc2)c1. The van der Waals surface area contributed by atoms with E-state index in [2.05, 4.69) is 67.2 Å². The van der Waals surface area contributed by atoms with E-state index in [0.29, 0.717) is 5.69 Å². The lowest BCUT2D eigenvalue weighted by Gasteiger charge is -2.04. The Hall–Kier alpha value is -6.06. The van der Waals surface area contributed by atoms with Crippen LogP contribution in [-0.4, -0.2) is 11.8 Å². The largest absolute Gasteiger partial charge is 0.505 e. The van der Waals surface area contributed by atoms with Crippen molar-refractivity contribution in [3.8, 4) is 5.75 Å². The first-order valence-electron chi connectivity index (χ1n) is 16.6. The fourth-order valence-corrected chi connectivity index (χ4v) is 5.24. The molecule has 52 heavy (non-hydrogen) atoms. The van der Waals surface area contributed by atoms with Gasteiger partial charge in [0.15, 0.2) is 0 Å². The Balaban J connectivity index is 0.000000175. The van der Waals surface area contributed by atoms with Gasteiger partial charge in [0.1, 0.15) is 17.1 Å². The third-order valence-electron chi connectivity index (χ3n) is 7.52. The molecular formula is C43H43N7OS. The van der Waals surface area contributed by atoms with Crippen LogP contribution >= 0.6 is 12.6 Å². The predicted molar refractivity (Wildman–Crippen MR) is 218 cm³/mol. The maximum atomic E-state index is 9.85. The number of thiol groups is 1. The minimum Gasteiger partial charge on any atom is -0.505 e. The van der Waals surface area contributed by atoms with Gasteiger partial charge in [0.25, 0.3) is 0 Å². The van der Waals surface area contributed by atoms with Gasteiger partial charge in [-0.25, -0.2) is 0 Å². The molecule has 0 atom stereocenters. The van der Waals surface area contributed by atoms with Crippen molar-refractivity contribution in [3.05, 3.63) is 161 Å². The van der Waals surface area contributed by atoms with Crippen molar-refractivity contribution >= 4 is 59.2 Å². The first-order valence-corrected chi connectivity index (χ1v) is 17.1. The quantitative estimate of drug-likeness (QED) is 0.0962. The highest BCUT2D eigenvalue weighted by atomic mass is 32.1. The third-order valence-corrected chi connectivity index (χ3v) is 8.10. The topological polar surface area (TPSA) is 107 Å². The third kappa shape index (κ3) is 11.8. The molecule has 0 radical (unpaired) electrons. The van der Waals surface area contributed by atoms with Crippen LogP contribution in [0.2, 0.25) is 0 Å². The number of benzene rings is 6. The van der Waals surface area contributed by atoms with Gasteiger partial charge in [0.05, 0.1) is 28.4 Å². The molecule has 8 nitrogen and oxygen atoms in total. The van der Waals surface area contributed by atoms with E-state index in [0.717, 1.165) is 66.8 Å². The van der Waals surface area contributed by atoms with E-state index < -0.39 is 0 Å². The summed E-state index contributed by atoms with van der Waals surface area (Å²) in [4.78, 5) is 4.90. The summed E-state index contributed by atoms with van der Waals surface area (Å²) in [5.74, 6) is 0.190. The van der Waals surface area contributed by atoms with Gasteiger partial charge in [-0.15, -0.1) is 28.0 Å². The second-order valence-corrected chi connectivity index (χ2v) is 12.6. The number of aliphatic imine (C=N–C) groups is 1. The molecule has 0 saturated heterocycles. The van der Waals surface area contributed by atoms with Gasteiger partial charge >= 0.3 is 0 Å². The normalized spacial score (nSPS) is 10.9. The van der Waals surface area contributed by atoms with Crippen LogP contribution in [0.3, 0.4) is 0 Å². The second-order valence-electron chi connectivity index (χ2n) is 12.1. The number of aromatic hydroxyl groups is 1. The van der Waals surface area contributed by atoms with E-state index in [1.165, 1.54) is 5.56 Å². The summed E-state index contributed by atoms with van der Waals surface area (Å²) in [7, 11) is 0.